The average Bonchev–Trinajstić information content (AvgIpc) is 1.60. The molecular weight excluding hydrogens is 1500 g/mol. The maximum atomic E-state index is 16.2. The SMILES string of the molecule is CN(C/C=C/C(=O)N1CC[C@@H](n2c(Cl)c(-c3ccc(Oc4ccccc4)cc3)c3c(N)ncnc32)C1)C1CC1.CN(C/C=C/C(=O)N1CC[C@@H](n2c(F)c(-c3ccc(Oc4ccccc4)cc3)c3c(N)ncnc32)C1)C1CC1.Cc1c(-c2ccc(Oc3ccccc3)cc2)c2c(N)ncnc2n1[C@@H]1CCN(C(=O)/C=C/CN(C)C2CC2)C1. The summed E-state index contributed by atoms with van der Waals surface area (Å²) in [4.78, 5) is 77.4. The van der Waals surface area contributed by atoms with Gasteiger partial charge in [0.15, 0.2) is 0 Å². The molecule has 12 aromatic rings. The number of hydrogen-bond donors (Lipinski definition) is 3. The highest BCUT2D eigenvalue weighted by Gasteiger charge is 2.37. The summed E-state index contributed by atoms with van der Waals surface area (Å²) in [5.74, 6) is 5.04. The van der Waals surface area contributed by atoms with E-state index in [9.17, 15) is 14.4 Å². The van der Waals surface area contributed by atoms with Crippen molar-refractivity contribution in [2.24, 2.45) is 0 Å². The van der Waals surface area contributed by atoms with Gasteiger partial charge in [-0.15, -0.1) is 0 Å². The number of likely N-dealkylation sites (tertiary alicyclic amines) is 3. The van der Waals surface area contributed by atoms with Gasteiger partial charge in [-0.25, -0.2) is 29.9 Å². The third kappa shape index (κ3) is 17.8. The highest BCUT2D eigenvalue weighted by atomic mass is 35.5. The van der Waals surface area contributed by atoms with Crippen molar-refractivity contribution in [3.63, 3.8) is 0 Å². The summed E-state index contributed by atoms with van der Waals surface area (Å²) >= 11 is 7.07. The van der Waals surface area contributed by atoms with E-state index in [-0.39, 0.29) is 41.7 Å². The monoisotopic (exact) mass is 1590 g/mol. The first-order valence-electron chi connectivity index (χ1n) is 40.2. The van der Waals surface area contributed by atoms with Crippen LogP contribution in [0.5, 0.6) is 34.5 Å². The smallest absolute Gasteiger partial charge is 0.246 e. The van der Waals surface area contributed by atoms with E-state index in [2.05, 4.69) is 77.2 Å². The van der Waals surface area contributed by atoms with E-state index in [1.54, 1.807) is 52.0 Å². The lowest BCUT2D eigenvalue weighted by Crippen LogP contribution is -2.28. The first-order chi connectivity index (χ1) is 57.0. The molecular formula is C91H96ClFN18O6. The van der Waals surface area contributed by atoms with E-state index in [4.69, 9.17) is 43.0 Å². The van der Waals surface area contributed by atoms with Crippen molar-refractivity contribution in [1.82, 2.24) is 73.0 Å². The number of fused-ring (bicyclic) bond motifs is 3. The Labute approximate surface area is 684 Å². The molecule has 3 aliphatic heterocycles. The number of amides is 3. The lowest BCUT2D eigenvalue weighted by Gasteiger charge is -2.18. The molecule has 3 saturated heterocycles. The summed E-state index contributed by atoms with van der Waals surface area (Å²) in [7, 11) is 6.30. The van der Waals surface area contributed by atoms with Crippen LogP contribution in [0.3, 0.4) is 0 Å². The fourth-order valence-corrected chi connectivity index (χ4v) is 16.6. The first-order valence-corrected chi connectivity index (χ1v) is 40.5. The molecule has 0 bridgehead atoms. The van der Waals surface area contributed by atoms with Crippen LogP contribution in [0, 0.1) is 12.9 Å². The second-order valence-electron chi connectivity index (χ2n) is 31.0. The number of carbonyl (C=O) groups excluding carboxylic acids is 3. The van der Waals surface area contributed by atoms with Crippen LogP contribution in [0.2, 0.25) is 5.15 Å². The minimum Gasteiger partial charge on any atom is -0.457 e. The molecule has 6 N–H and O–H groups in total. The molecule has 0 spiro atoms. The summed E-state index contributed by atoms with van der Waals surface area (Å²) in [6.07, 6.45) is 25.0. The van der Waals surface area contributed by atoms with E-state index in [0.717, 1.165) is 100 Å². The Morgan fingerprint density at radius 1 is 0.410 bits per heavy atom. The largest absolute Gasteiger partial charge is 0.457 e. The molecule has 3 atom stereocenters. The number of carbonyl (C=O) groups is 3. The zero-order valence-electron chi connectivity index (χ0n) is 66.1. The summed E-state index contributed by atoms with van der Waals surface area (Å²) in [5, 5.41) is 2.57. The molecule has 9 heterocycles. The molecule has 117 heavy (non-hydrogen) atoms. The van der Waals surface area contributed by atoms with Gasteiger partial charge in [0, 0.05) is 118 Å². The topological polar surface area (TPSA) is 269 Å². The van der Waals surface area contributed by atoms with Crippen LogP contribution in [0.15, 0.2) is 219 Å². The number of benzene rings is 6. The van der Waals surface area contributed by atoms with Crippen molar-refractivity contribution in [1.29, 1.82) is 0 Å². The van der Waals surface area contributed by atoms with E-state index < -0.39 is 5.95 Å². The summed E-state index contributed by atoms with van der Waals surface area (Å²) in [6.45, 7) is 7.96. The normalized spacial score (nSPS) is 17.5. The van der Waals surface area contributed by atoms with Gasteiger partial charge in [-0.1, -0.05) is 121 Å². The van der Waals surface area contributed by atoms with Crippen molar-refractivity contribution in [3.05, 3.63) is 236 Å². The van der Waals surface area contributed by atoms with E-state index >= 15 is 4.39 Å². The molecule has 18 rings (SSSR count). The summed E-state index contributed by atoms with van der Waals surface area (Å²) in [6, 6.07) is 53.6. The van der Waals surface area contributed by atoms with Crippen LogP contribution in [0.1, 0.15) is 81.6 Å². The van der Waals surface area contributed by atoms with Crippen molar-refractivity contribution in [2.45, 2.75) is 101 Å². The fraction of sp³-hybridized carbons (Fsp3) is 0.308. The second-order valence-corrected chi connectivity index (χ2v) is 31.4. The number of nitrogen functional groups attached to an aromatic ring is 3. The third-order valence-corrected chi connectivity index (χ3v) is 23.3. The minimum absolute atomic E-state index is 0.0183. The first kappa shape index (κ1) is 78.6. The minimum atomic E-state index is -0.435. The van der Waals surface area contributed by atoms with Gasteiger partial charge >= 0.3 is 0 Å². The maximum Gasteiger partial charge on any atom is 0.246 e. The predicted molar refractivity (Wildman–Crippen MR) is 456 cm³/mol. The van der Waals surface area contributed by atoms with Crippen LogP contribution in [0.4, 0.5) is 21.8 Å². The molecule has 6 aromatic carbocycles. The molecule has 3 aliphatic carbocycles. The lowest BCUT2D eigenvalue weighted by molar-refractivity contribution is -0.125. The molecule has 6 aromatic heterocycles. The van der Waals surface area contributed by atoms with Crippen molar-refractivity contribution < 1.29 is 33.0 Å². The van der Waals surface area contributed by atoms with Crippen molar-refractivity contribution in [2.75, 3.05) is 97.2 Å². The Morgan fingerprint density at radius 2 is 0.709 bits per heavy atom. The molecule has 0 unspecified atom stereocenters. The number of nitrogens with two attached hydrogens (primary N) is 3. The Hall–Kier alpha value is -12.3. The van der Waals surface area contributed by atoms with Gasteiger partial charge in [0.2, 0.25) is 23.7 Å². The molecule has 0 radical (unpaired) electrons. The highest BCUT2D eigenvalue weighted by Crippen LogP contribution is 2.46. The predicted octanol–water partition coefficient (Wildman–Crippen LogP) is 15.8. The number of hydrogen-bond acceptors (Lipinski definition) is 18. The van der Waals surface area contributed by atoms with E-state index in [0.29, 0.717) is 120 Å². The number of para-hydroxylation sites is 3. The molecule has 26 heteroatoms. The van der Waals surface area contributed by atoms with Gasteiger partial charge in [-0.2, -0.15) is 4.39 Å². The highest BCUT2D eigenvalue weighted by molar-refractivity contribution is 6.35. The maximum absolute atomic E-state index is 16.2. The Bertz CT molecular complexity index is 5090. The van der Waals surface area contributed by atoms with Crippen LogP contribution >= 0.6 is 11.6 Å². The number of likely N-dealkylation sites (N-methyl/N-ethyl adjacent to an activating group) is 3. The number of anilines is 3. The van der Waals surface area contributed by atoms with Crippen LogP contribution in [-0.2, 0) is 14.4 Å². The van der Waals surface area contributed by atoms with Crippen LogP contribution < -0.4 is 31.4 Å². The number of aromatic nitrogens is 9. The zero-order chi connectivity index (χ0) is 80.8. The lowest BCUT2D eigenvalue weighted by atomic mass is 10.0. The molecule has 6 aliphatic rings. The third-order valence-electron chi connectivity index (χ3n) is 22.9. The van der Waals surface area contributed by atoms with E-state index in [1.807, 2.05) is 172 Å². The van der Waals surface area contributed by atoms with Gasteiger partial charge in [0.1, 0.15) is 93.0 Å². The Morgan fingerprint density at radius 3 is 1.08 bits per heavy atom. The second kappa shape index (κ2) is 35.0. The molecule has 3 saturated carbocycles. The number of ether oxygens (including phenoxy) is 3. The molecule has 3 amide bonds. The Kier molecular flexibility index (Phi) is 23.5. The fourth-order valence-electron chi connectivity index (χ4n) is 16.2. The average molecular weight is 1590 g/mol. The number of rotatable bonds is 24. The zero-order valence-corrected chi connectivity index (χ0v) is 66.9. The Balaban J connectivity index is 0.000000131. The quantitative estimate of drug-likeness (QED) is 0.0474. The number of nitrogens with zero attached hydrogens (tertiary/aromatic N) is 15. The van der Waals surface area contributed by atoms with Gasteiger partial charge in [-0.05, 0) is 175 Å². The molecule has 600 valence electrons. The van der Waals surface area contributed by atoms with Gasteiger partial charge in [-0.3, -0.25) is 33.7 Å². The summed E-state index contributed by atoms with van der Waals surface area (Å²) < 4.78 is 39.9. The van der Waals surface area contributed by atoms with Gasteiger partial charge in [0.05, 0.1) is 34.3 Å². The molecule has 6 fully saturated rings. The standard InChI is InChI=1S/C31H34N6O2.C30H31ClN6O2.C30H31FN6O2/c1-21-28(22-10-14-26(15-11-22)39-25-7-4-3-5-8-25)29-30(32)33-20-34-31(29)37(21)24-16-18-36(19-24)27(38)9-6-17-35(2)23-12-13-23;2*1-35(21-11-12-21)16-5-8-25(38)36-17-15-22(18-36)37-28(31)26(27-29(32)33-19-34-30(27)37)20-9-13-24(14-10-20)39-23-6-3-2-4-7-23/h3-11,14-15,20,23-24H,12-13,16-19H2,1-2H3,(H2,32,33,34);2*2-10,13-14,19,21-22H,11-12,15-18H2,1H3,(H2,32,33,34)/b9-6+;2*8-5+/t24-;2*22-/m111/s1. The van der Waals surface area contributed by atoms with Crippen molar-refractivity contribution >= 4 is 79.9 Å². The number of halogens is 2. The van der Waals surface area contributed by atoms with Gasteiger partial charge < -0.3 is 55.2 Å². The van der Waals surface area contributed by atoms with Gasteiger partial charge in [0.25, 0.3) is 0 Å². The molecule has 24 nitrogen and oxygen atoms in total. The van der Waals surface area contributed by atoms with Crippen LogP contribution in [0.25, 0.3) is 66.5 Å². The summed E-state index contributed by atoms with van der Waals surface area (Å²) in [5.41, 5.74) is 26.7. The van der Waals surface area contributed by atoms with Crippen molar-refractivity contribution in [3.8, 4) is 67.9 Å². The van der Waals surface area contributed by atoms with Crippen LogP contribution in [-0.4, -0.2) is 189 Å². The van der Waals surface area contributed by atoms with E-state index in [1.165, 1.54) is 57.5 Å².